The highest BCUT2D eigenvalue weighted by Crippen LogP contribution is 2.26. The van der Waals surface area contributed by atoms with Crippen LogP contribution < -0.4 is 15.4 Å². The average Bonchev–Trinajstić information content (AvgIpc) is 2.73. The Hall–Kier alpha value is -3.80. The second-order valence-corrected chi connectivity index (χ2v) is 6.09. The third kappa shape index (κ3) is 4.67. The van der Waals surface area contributed by atoms with Gasteiger partial charge in [0.1, 0.15) is 5.75 Å². The van der Waals surface area contributed by atoms with Gasteiger partial charge in [0.15, 0.2) is 0 Å². The van der Waals surface area contributed by atoms with Gasteiger partial charge in [-0.05, 0) is 48.0 Å². The zero-order chi connectivity index (χ0) is 19.9. The van der Waals surface area contributed by atoms with Gasteiger partial charge in [-0.15, -0.1) is 0 Å². The molecule has 3 N–H and O–H groups in total. The van der Waals surface area contributed by atoms with Crippen molar-refractivity contribution in [3.05, 3.63) is 89.5 Å². The summed E-state index contributed by atoms with van der Waals surface area (Å²) in [6, 6.07) is 21.0. The van der Waals surface area contributed by atoms with E-state index in [0.29, 0.717) is 23.5 Å². The van der Waals surface area contributed by atoms with Gasteiger partial charge in [-0.2, -0.15) is 0 Å². The Morgan fingerprint density at radius 2 is 1.61 bits per heavy atom. The molecule has 0 bridgehead atoms. The molecule has 6 heteroatoms. The number of carboxylic acid groups (broad SMARTS) is 1. The molecule has 0 aliphatic rings. The molecule has 0 heterocycles. The van der Waals surface area contributed by atoms with Crippen LogP contribution in [0.5, 0.6) is 5.75 Å². The molecule has 0 aliphatic heterocycles. The minimum Gasteiger partial charge on any atom is -0.495 e. The molecule has 142 valence electrons. The molecular weight excluding hydrogens is 356 g/mol. The first-order valence-electron chi connectivity index (χ1n) is 8.67. The zero-order valence-corrected chi connectivity index (χ0v) is 15.3. The molecule has 28 heavy (non-hydrogen) atoms. The Morgan fingerprint density at radius 3 is 2.25 bits per heavy atom. The smallest absolute Gasteiger partial charge is 0.335 e. The zero-order valence-electron chi connectivity index (χ0n) is 15.3. The highest BCUT2D eigenvalue weighted by Gasteiger charge is 2.11. The summed E-state index contributed by atoms with van der Waals surface area (Å²) in [6.07, 6.45) is 0. The SMILES string of the molecule is COc1ccc(C(=O)Nc2ccccc2)cc1NCc1ccc(C(=O)O)cc1. The van der Waals surface area contributed by atoms with Crippen LogP contribution in [0.25, 0.3) is 0 Å². The molecule has 1 amide bonds. The maximum absolute atomic E-state index is 12.5. The van der Waals surface area contributed by atoms with Crippen molar-refractivity contribution >= 4 is 23.3 Å². The summed E-state index contributed by atoms with van der Waals surface area (Å²) in [6.45, 7) is 0.458. The van der Waals surface area contributed by atoms with Gasteiger partial charge in [-0.1, -0.05) is 30.3 Å². The fourth-order valence-electron chi connectivity index (χ4n) is 2.67. The fourth-order valence-corrected chi connectivity index (χ4v) is 2.67. The summed E-state index contributed by atoms with van der Waals surface area (Å²) in [7, 11) is 1.56. The molecule has 0 saturated carbocycles. The van der Waals surface area contributed by atoms with Crippen LogP contribution in [0.1, 0.15) is 26.3 Å². The second-order valence-electron chi connectivity index (χ2n) is 6.09. The molecule has 0 aromatic heterocycles. The summed E-state index contributed by atoms with van der Waals surface area (Å²) in [5.74, 6) is -0.570. The summed E-state index contributed by atoms with van der Waals surface area (Å²) >= 11 is 0. The lowest BCUT2D eigenvalue weighted by molar-refractivity contribution is 0.0696. The summed E-state index contributed by atoms with van der Waals surface area (Å²) in [4.78, 5) is 23.4. The Kier molecular flexibility index (Phi) is 5.91. The molecule has 0 atom stereocenters. The van der Waals surface area contributed by atoms with Crippen LogP contribution in [0.4, 0.5) is 11.4 Å². The number of rotatable bonds is 7. The Balaban J connectivity index is 1.73. The first-order chi connectivity index (χ1) is 13.6. The molecule has 3 rings (SSSR count). The van der Waals surface area contributed by atoms with E-state index < -0.39 is 5.97 Å². The van der Waals surface area contributed by atoms with E-state index in [0.717, 1.165) is 11.3 Å². The number of carbonyl (C=O) groups is 2. The summed E-state index contributed by atoms with van der Waals surface area (Å²) < 4.78 is 5.37. The van der Waals surface area contributed by atoms with Crippen molar-refractivity contribution in [2.45, 2.75) is 6.54 Å². The molecule has 0 saturated heterocycles. The van der Waals surface area contributed by atoms with E-state index in [1.807, 2.05) is 30.3 Å². The second kappa shape index (κ2) is 8.73. The van der Waals surface area contributed by atoms with E-state index in [9.17, 15) is 9.59 Å². The maximum atomic E-state index is 12.5. The Morgan fingerprint density at radius 1 is 0.929 bits per heavy atom. The number of benzene rings is 3. The van der Waals surface area contributed by atoms with Crippen LogP contribution in [-0.4, -0.2) is 24.1 Å². The van der Waals surface area contributed by atoms with E-state index in [2.05, 4.69) is 10.6 Å². The topological polar surface area (TPSA) is 87.7 Å². The Labute approximate surface area is 162 Å². The van der Waals surface area contributed by atoms with E-state index >= 15 is 0 Å². The van der Waals surface area contributed by atoms with Crippen molar-refractivity contribution in [3.63, 3.8) is 0 Å². The number of anilines is 2. The lowest BCUT2D eigenvalue weighted by Gasteiger charge is -2.13. The maximum Gasteiger partial charge on any atom is 0.335 e. The van der Waals surface area contributed by atoms with Crippen LogP contribution in [0, 0.1) is 0 Å². The van der Waals surface area contributed by atoms with E-state index in [1.165, 1.54) is 0 Å². The van der Waals surface area contributed by atoms with Gasteiger partial charge in [-0.25, -0.2) is 4.79 Å². The molecule has 0 unspecified atom stereocenters. The highest BCUT2D eigenvalue weighted by molar-refractivity contribution is 6.05. The first kappa shape index (κ1) is 19.0. The molecule has 0 radical (unpaired) electrons. The van der Waals surface area contributed by atoms with Crippen molar-refractivity contribution in [2.75, 3.05) is 17.7 Å². The molecule has 6 nitrogen and oxygen atoms in total. The van der Waals surface area contributed by atoms with Gasteiger partial charge in [0.2, 0.25) is 0 Å². The van der Waals surface area contributed by atoms with Crippen LogP contribution >= 0.6 is 0 Å². The van der Waals surface area contributed by atoms with Crippen molar-refractivity contribution in [2.24, 2.45) is 0 Å². The lowest BCUT2D eigenvalue weighted by Crippen LogP contribution is -2.12. The third-order valence-corrected chi connectivity index (χ3v) is 4.18. The number of carbonyl (C=O) groups excluding carboxylic acids is 1. The molecular formula is C22H20N2O4. The molecule has 0 spiro atoms. The number of hydrogen-bond acceptors (Lipinski definition) is 4. The van der Waals surface area contributed by atoms with Gasteiger partial charge < -0.3 is 20.5 Å². The molecule has 3 aromatic rings. The quantitative estimate of drug-likeness (QED) is 0.573. The normalized spacial score (nSPS) is 10.2. The minimum atomic E-state index is -0.960. The monoisotopic (exact) mass is 376 g/mol. The molecule has 0 fully saturated rings. The van der Waals surface area contributed by atoms with Crippen molar-refractivity contribution in [3.8, 4) is 5.75 Å². The van der Waals surface area contributed by atoms with Crippen LogP contribution in [-0.2, 0) is 6.54 Å². The lowest BCUT2D eigenvalue weighted by atomic mass is 10.1. The average molecular weight is 376 g/mol. The van der Waals surface area contributed by atoms with E-state index in [-0.39, 0.29) is 11.5 Å². The van der Waals surface area contributed by atoms with Crippen LogP contribution in [0.3, 0.4) is 0 Å². The number of aromatic carboxylic acids is 1. The number of nitrogens with one attached hydrogen (secondary N) is 2. The fraction of sp³-hybridized carbons (Fsp3) is 0.0909. The van der Waals surface area contributed by atoms with Gasteiger partial charge >= 0.3 is 5.97 Å². The van der Waals surface area contributed by atoms with Gasteiger partial charge in [0, 0.05) is 17.8 Å². The van der Waals surface area contributed by atoms with Crippen molar-refractivity contribution < 1.29 is 19.4 Å². The number of carboxylic acids is 1. The van der Waals surface area contributed by atoms with Crippen molar-refractivity contribution in [1.82, 2.24) is 0 Å². The molecule has 3 aromatic carbocycles. The number of para-hydroxylation sites is 1. The number of ether oxygens (including phenoxy) is 1. The number of methoxy groups -OCH3 is 1. The highest BCUT2D eigenvalue weighted by atomic mass is 16.5. The standard InChI is InChI=1S/C22H20N2O4/c1-28-20-12-11-17(21(25)24-18-5-3-2-4-6-18)13-19(20)23-14-15-7-9-16(10-8-15)22(26)27/h2-13,23H,14H2,1H3,(H,24,25)(H,26,27). The van der Waals surface area contributed by atoms with Gasteiger partial charge in [0.25, 0.3) is 5.91 Å². The first-order valence-corrected chi connectivity index (χ1v) is 8.67. The largest absolute Gasteiger partial charge is 0.495 e. The minimum absolute atomic E-state index is 0.220. The van der Waals surface area contributed by atoms with Crippen molar-refractivity contribution in [1.29, 1.82) is 0 Å². The predicted molar refractivity (Wildman–Crippen MR) is 108 cm³/mol. The van der Waals surface area contributed by atoms with E-state index in [1.54, 1.807) is 49.6 Å². The van der Waals surface area contributed by atoms with Gasteiger partial charge in [0.05, 0.1) is 18.4 Å². The van der Waals surface area contributed by atoms with Crippen LogP contribution in [0.2, 0.25) is 0 Å². The van der Waals surface area contributed by atoms with Crippen LogP contribution in [0.15, 0.2) is 72.8 Å². The number of hydrogen-bond donors (Lipinski definition) is 3. The van der Waals surface area contributed by atoms with E-state index in [4.69, 9.17) is 9.84 Å². The Bertz CT molecular complexity index is 970. The predicted octanol–water partition coefficient (Wildman–Crippen LogP) is 4.26. The van der Waals surface area contributed by atoms with Gasteiger partial charge in [-0.3, -0.25) is 4.79 Å². The third-order valence-electron chi connectivity index (χ3n) is 4.18. The molecule has 0 aliphatic carbocycles. The summed E-state index contributed by atoms with van der Waals surface area (Å²) in [5.41, 5.74) is 3.03. The number of amides is 1. The summed E-state index contributed by atoms with van der Waals surface area (Å²) in [5, 5.41) is 15.1.